The molecule has 0 radical (unpaired) electrons. The van der Waals surface area contributed by atoms with Gasteiger partial charge in [-0.25, -0.2) is 0 Å². The molecule has 1 heterocycles. The minimum Gasteiger partial charge on any atom is -0.375 e. The van der Waals surface area contributed by atoms with Crippen LogP contribution in [0.15, 0.2) is 24.3 Å². The van der Waals surface area contributed by atoms with Gasteiger partial charge in [-0.3, -0.25) is 4.90 Å². The molecule has 0 saturated heterocycles. The first kappa shape index (κ1) is 20.0. The monoisotopic (exact) mass is 373 g/mol. The second-order valence-corrected chi connectivity index (χ2v) is 5.98. The Morgan fingerprint density at radius 1 is 0.960 bits per heavy atom. The highest BCUT2D eigenvalue weighted by Crippen LogP contribution is 2.46. The van der Waals surface area contributed by atoms with Crippen molar-refractivity contribution in [3.05, 3.63) is 35.4 Å². The van der Waals surface area contributed by atoms with Gasteiger partial charge in [-0.05, 0) is 24.0 Å². The number of hydrogen-bond acceptors (Lipinski definition) is 2. The lowest BCUT2D eigenvalue weighted by molar-refractivity contribution is -0.361. The average Bonchev–Trinajstić information content (AvgIpc) is 2.53. The molecule has 1 aliphatic heterocycles. The molecule has 1 aromatic carbocycles. The van der Waals surface area contributed by atoms with Crippen molar-refractivity contribution in [2.75, 3.05) is 26.3 Å². The minimum absolute atomic E-state index is 0.260. The van der Waals surface area contributed by atoms with Gasteiger partial charge in [0.15, 0.2) is 0 Å². The van der Waals surface area contributed by atoms with E-state index < -0.39 is 24.6 Å². The predicted octanol–water partition coefficient (Wildman–Crippen LogP) is 4.28. The second kappa shape index (κ2) is 7.49. The molecule has 142 valence electrons. The van der Waals surface area contributed by atoms with Gasteiger partial charge < -0.3 is 4.74 Å². The van der Waals surface area contributed by atoms with Crippen LogP contribution < -0.4 is 0 Å². The standard InChI is InChI=1S/C16H18F7NO/c17-14(18,15(19,20)16(21,22)23)11-25-9-3-7-24-8-6-12-4-1-2-5-13(12)10-24/h1-2,4-5H,3,6-11H2. The molecule has 0 atom stereocenters. The predicted molar refractivity (Wildman–Crippen MR) is 76.8 cm³/mol. The van der Waals surface area contributed by atoms with Crippen molar-refractivity contribution in [1.82, 2.24) is 4.90 Å². The molecule has 2 nitrogen and oxygen atoms in total. The Morgan fingerprint density at radius 2 is 1.60 bits per heavy atom. The maximum atomic E-state index is 13.0. The van der Waals surface area contributed by atoms with Crippen molar-refractivity contribution in [3.8, 4) is 0 Å². The molecule has 25 heavy (non-hydrogen) atoms. The van der Waals surface area contributed by atoms with Crippen molar-refractivity contribution >= 4 is 0 Å². The first-order chi connectivity index (χ1) is 11.5. The van der Waals surface area contributed by atoms with E-state index in [9.17, 15) is 30.7 Å². The number of fused-ring (bicyclic) bond motifs is 1. The highest BCUT2D eigenvalue weighted by atomic mass is 19.4. The van der Waals surface area contributed by atoms with E-state index in [1.54, 1.807) is 0 Å². The van der Waals surface area contributed by atoms with Gasteiger partial charge in [-0.15, -0.1) is 0 Å². The summed E-state index contributed by atoms with van der Waals surface area (Å²) in [5.74, 6) is -11.4. The Morgan fingerprint density at radius 3 is 2.24 bits per heavy atom. The average molecular weight is 373 g/mol. The van der Waals surface area contributed by atoms with Crippen LogP contribution >= 0.6 is 0 Å². The molecule has 0 aliphatic carbocycles. The van der Waals surface area contributed by atoms with Gasteiger partial charge >= 0.3 is 18.0 Å². The SMILES string of the molecule is FC(F)(F)C(F)(F)C(F)(F)COCCCN1CCc2ccccc2C1. The summed E-state index contributed by atoms with van der Waals surface area (Å²) in [7, 11) is 0. The largest absolute Gasteiger partial charge is 0.459 e. The summed E-state index contributed by atoms with van der Waals surface area (Å²) < 4.78 is 91.8. The second-order valence-electron chi connectivity index (χ2n) is 5.98. The first-order valence-corrected chi connectivity index (χ1v) is 7.74. The summed E-state index contributed by atoms with van der Waals surface area (Å²) in [4.78, 5) is 2.05. The van der Waals surface area contributed by atoms with Crippen LogP contribution in [0.5, 0.6) is 0 Å². The van der Waals surface area contributed by atoms with E-state index in [0.717, 1.165) is 18.5 Å². The number of hydrogen-bond donors (Lipinski definition) is 0. The maximum Gasteiger partial charge on any atom is 0.459 e. The minimum atomic E-state index is -6.32. The Kier molecular flexibility index (Phi) is 5.98. The van der Waals surface area contributed by atoms with Crippen molar-refractivity contribution in [2.45, 2.75) is 37.4 Å². The molecule has 0 amide bonds. The number of ether oxygens (including phenoxy) is 1. The highest BCUT2D eigenvalue weighted by molar-refractivity contribution is 5.28. The number of alkyl halides is 7. The Balaban J connectivity index is 1.72. The lowest BCUT2D eigenvalue weighted by Gasteiger charge is -2.29. The summed E-state index contributed by atoms with van der Waals surface area (Å²) in [6.07, 6.45) is -5.22. The van der Waals surface area contributed by atoms with Gasteiger partial charge in [0.1, 0.15) is 6.61 Å². The zero-order valence-corrected chi connectivity index (χ0v) is 13.3. The fourth-order valence-corrected chi connectivity index (χ4v) is 2.63. The van der Waals surface area contributed by atoms with Crippen LogP contribution in [0.3, 0.4) is 0 Å². The van der Waals surface area contributed by atoms with Crippen LogP contribution in [-0.2, 0) is 17.7 Å². The lowest BCUT2D eigenvalue weighted by atomic mass is 10.00. The van der Waals surface area contributed by atoms with E-state index in [4.69, 9.17) is 0 Å². The van der Waals surface area contributed by atoms with E-state index in [1.165, 1.54) is 5.56 Å². The molecular weight excluding hydrogens is 355 g/mol. The maximum absolute atomic E-state index is 13.0. The lowest BCUT2D eigenvalue weighted by Crippen LogP contribution is -2.54. The van der Waals surface area contributed by atoms with E-state index >= 15 is 0 Å². The quantitative estimate of drug-likeness (QED) is 0.522. The Labute approximate surface area is 140 Å². The molecule has 0 unspecified atom stereocenters. The van der Waals surface area contributed by atoms with Crippen LogP contribution in [0.1, 0.15) is 17.5 Å². The molecule has 0 aromatic heterocycles. The molecule has 1 aliphatic rings. The zero-order chi connectivity index (χ0) is 18.7. The molecule has 0 fully saturated rings. The smallest absolute Gasteiger partial charge is 0.375 e. The van der Waals surface area contributed by atoms with Crippen molar-refractivity contribution < 1.29 is 35.5 Å². The summed E-state index contributed by atoms with van der Waals surface area (Å²) in [5, 5.41) is 0. The molecule has 0 N–H and O–H groups in total. The number of nitrogens with zero attached hydrogens (tertiary/aromatic N) is 1. The van der Waals surface area contributed by atoms with Gasteiger partial charge in [0.2, 0.25) is 0 Å². The van der Waals surface area contributed by atoms with E-state index in [0.29, 0.717) is 13.1 Å². The topological polar surface area (TPSA) is 12.5 Å². The number of halogens is 7. The van der Waals surface area contributed by atoms with Crippen LogP contribution in [0.4, 0.5) is 30.7 Å². The van der Waals surface area contributed by atoms with E-state index in [1.807, 2.05) is 29.2 Å². The molecule has 1 aromatic rings. The van der Waals surface area contributed by atoms with Crippen molar-refractivity contribution in [1.29, 1.82) is 0 Å². The summed E-state index contributed by atoms with van der Waals surface area (Å²) in [5.41, 5.74) is 2.40. The Hall–Kier alpha value is -1.35. The molecule has 0 spiro atoms. The van der Waals surface area contributed by atoms with Crippen LogP contribution in [0, 0.1) is 0 Å². The number of benzene rings is 1. The Bertz CT molecular complexity index is 574. The normalized spacial score (nSPS) is 16.8. The third-order valence-corrected chi connectivity index (χ3v) is 4.07. The zero-order valence-electron chi connectivity index (χ0n) is 13.3. The van der Waals surface area contributed by atoms with Gasteiger partial charge in [-0.1, -0.05) is 24.3 Å². The third kappa shape index (κ3) is 4.63. The van der Waals surface area contributed by atoms with Crippen molar-refractivity contribution in [3.63, 3.8) is 0 Å². The van der Waals surface area contributed by atoms with Crippen LogP contribution in [-0.4, -0.2) is 49.2 Å². The number of rotatable bonds is 7. The third-order valence-electron chi connectivity index (χ3n) is 4.07. The highest BCUT2D eigenvalue weighted by Gasteiger charge is 2.72. The van der Waals surface area contributed by atoms with E-state index in [-0.39, 0.29) is 13.0 Å². The molecule has 0 saturated carbocycles. The first-order valence-electron chi connectivity index (χ1n) is 7.74. The molecule has 9 heteroatoms. The molecule has 2 rings (SSSR count). The van der Waals surface area contributed by atoms with Crippen molar-refractivity contribution in [2.24, 2.45) is 0 Å². The summed E-state index contributed by atoms with van der Waals surface area (Å²) in [6, 6.07) is 7.87. The van der Waals surface area contributed by atoms with Gasteiger partial charge in [0, 0.05) is 26.2 Å². The van der Waals surface area contributed by atoms with Gasteiger partial charge in [0.05, 0.1) is 0 Å². The van der Waals surface area contributed by atoms with Gasteiger partial charge in [-0.2, -0.15) is 30.7 Å². The van der Waals surface area contributed by atoms with Crippen LogP contribution in [0.25, 0.3) is 0 Å². The fourth-order valence-electron chi connectivity index (χ4n) is 2.63. The fraction of sp³-hybridized carbons (Fsp3) is 0.625. The molecular formula is C16H18F7NO. The van der Waals surface area contributed by atoms with Crippen LogP contribution in [0.2, 0.25) is 0 Å². The summed E-state index contributed by atoms with van der Waals surface area (Å²) in [6.45, 7) is -0.364. The van der Waals surface area contributed by atoms with E-state index in [2.05, 4.69) is 4.74 Å². The summed E-state index contributed by atoms with van der Waals surface area (Å²) >= 11 is 0. The molecule has 0 bridgehead atoms. The van der Waals surface area contributed by atoms with Gasteiger partial charge in [0.25, 0.3) is 0 Å².